The van der Waals surface area contributed by atoms with E-state index in [2.05, 4.69) is 16.4 Å². The molecule has 1 heterocycles. The second-order valence-electron chi connectivity index (χ2n) is 3.97. The second kappa shape index (κ2) is 5.74. The summed E-state index contributed by atoms with van der Waals surface area (Å²) in [5.74, 6) is 1.40. The van der Waals surface area contributed by atoms with Crippen molar-refractivity contribution in [2.45, 2.75) is 6.54 Å². The van der Waals surface area contributed by atoms with Crippen LogP contribution >= 0.6 is 0 Å². The molecule has 1 aromatic heterocycles. The zero-order chi connectivity index (χ0) is 13.7. The standard InChI is InChI=1S/C14H14N4O/c1-19-13-3-2-12(16)7-11(13)9-18-14-6-10(8-15)4-5-17-14/h2-7H,9,16H2,1H3,(H,17,18). The van der Waals surface area contributed by atoms with Gasteiger partial charge < -0.3 is 15.8 Å². The van der Waals surface area contributed by atoms with Gasteiger partial charge >= 0.3 is 0 Å². The number of benzene rings is 1. The molecule has 0 radical (unpaired) electrons. The summed E-state index contributed by atoms with van der Waals surface area (Å²) in [5, 5.41) is 12.0. The Morgan fingerprint density at radius 1 is 1.37 bits per heavy atom. The van der Waals surface area contributed by atoms with Gasteiger partial charge in [0.1, 0.15) is 11.6 Å². The van der Waals surface area contributed by atoms with Crippen molar-refractivity contribution in [2.75, 3.05) is 18.2 Å². The van der Waals surface area contributed by atoms with Gasteiger partial charge in [0.15, 0.2) is 0 Å². The predicted octanol–water partition coefficient (Wildman–Crippen LogP) is 2.16. The van der Waals surface area contributed by atoms with Crippen LogP contribution in [0.15, 0.2) is 36.5 Å². The van der Waals surface area contributed by atoms with Crippen molar-refractivity contribution < 1.29 is 4.74 Å². The third-order valence-corrected chi connectivity index (χ3v) is 2.65. The molecule has 0 atom stereocenters. The number of hydrogen-bond donors (Lipinski definition) is 2. The minimum absolute atomic E-state index is 0.524. The van der Waals surface area contributed by atoms with E-state index < -0.39 is 0 Å². The molecule has 0 bridgehead atoms. The molecule has 2 rings (SSSR count). The molecular weight excluding hydrogens is 240 g/mol. The maximum atomic E-state index is 8.82. The lowest BCUT2D eigenvalue weighted by atomic mass is 10.1. The number of hydrogen-bond acceptors (Lipinski definition) is 5. The predicted molar refractivity (Wildman–Crippen MR) is 73.7 cm³/mol. The molecule has 0 spiro atoms. The molecule has 0 amide bonds. The second-order valence-corrected chi connectivity index (χ2v) is 3.97. The summed E-state index contributed by atoms with van der Waals surface area (Å²) in [4.78, 5) is 4.15. The zero-order valence-electron chi connectivity index (χ0n) is 10.6. The highest BCUT2D eigenvalue weighted by Crippen LogP contribution is 2.22. The lowest BCUT2D eigenvalue weighted by molar-refractivity contribution is 0.410. The normalized spacial score (nSPS) is 9.68. The number of nitrogen functional groups attached to an aromatic ring is 1. The maximum absolute atomic E-state index is 8.82. The van der Waals surface area contributed by atoms with Crippen molar-refractivity contribution in [3.05, 3.63) is 47.7 Å². The van der Waals surface area contributed by atoms with Crippen LogP contribution in [0.25, 0.3) is 0 Å². The number of rotatable bonds is 4. The van der Waals surface area contributed by atoms with Crippen molar-refractivity contribution in [1.82, 2.24) is 4.98 Å². The summed E-state index contributed by atoms with van der Waals surface area (Å²) >= 11 is 0. The fourth-order valence-corrected chi connectivity index (χ4v) is 1.72. The molecule has 0 saturated carbocycles. The summed E-state index contributed by atoms with van der Waals surface area (Å²) in [6.45, 7) is 0.524. The summed E-state index contributed by atoms with van der Waals surface area (Å²) in [7, 11) is 1.61. The van der Waals surface area contributed by atoms with Crippen LogP contribution in [0, 0.1) is 11.3 Å². The molecule has 3 N–H and O–H groups in total. The average Bonchev–Trinajstić information content (AvgIpc) is 2.45. The van der Waals surface area contributed by atoms with Gasteiger partial charge in [-0.2, -0.15) is 5.26 Å². The Morgan fingerprint density at radius 2 is 2.21 bits per heavy atom. The molecule has 5 heteroatoms. The van der Waals surface area contributed by atoms with E-state index in [1.165, 1.54) is 0 Å². The van der Waals surface area contributed by atoms with E-state index in [0.29, 0.717) is 23.6 Å². The topological polar surface area (TPSA) is 84.0 Å². The van der Waals surface area contributed by atoms with Gasteiger partial charge in [-0.3, -0.25) is 0 Å². The van der Waals surface area contributed by atoms with E-state index in [4.69, 9.17) is 15.7 Å². The quantitative estimate of drug-likeness (QED) is 0.817. The van der Waals surface area contributed by atoms with Crippen LogP contribution < -0.4 is 15.8 Å². The van der Waals surface area contributed by atoms with Crippen molar-refractivity contribution in [3.63, 3.8) is 0 Å². The van der Waals surface area contributed by atoms with Crippen LogP contribution in [0.4, 0.5) is 11.5 Å². The molecule has 1 aromatic carbocycles. The molecule has 0 aliphatic carbocycles. The highest BCUT2D eigenvalue weighted by atomic mass is 16.5. The Kier molecular flexibility index (Phi) is 3.84. The van der Waals surface area contributed by atoms with E-state index >= 15 is 0 Å². The number of ether oxygens (including phenoxy) is 1. The number of anilines is 2. The minimum atomic E-state index is 0.524. The van der Waals surface area contributed by atoms with E-state index in [-0.39, 0.29) is 0 Å². The number of pyridine rings is 1. The van der Waals surface area contributed by atoms with Crippen molar-refractivity contribution in [2.24, 2.45) is 0 Å². The van der Waals surface area contributed by atoms with Gasteiger partial charge in [-0.1, -0.05) is 0 Å². The first-order chi connectivity index (χ1) is 9.22. The molecule has 0 aliphatic heterocycles. The van der Waals surface area contributed by atoms with Crippen LogP contribution in [0.1, 0.15) is 11.1 Å². The number of aromatic nitrogens is 1. The molecule has 0 unspecified atom stereocenters. The Labute approximate surface area is 111 Å². The van der Waals surface area contributed by atoms with Gasteiger partial charge in [0, 0.05) is 24.0 Å². The molecule has 0 fully saturated rings. The van der Waals surface area contributed by atoms with Gasteiger partial charge in [0.05, 0.1) is 18.7 Å². The number of nitrogens with one attached hydrogen (secondary N) is 1. The van der Waals surface area contributed by atoms with Crippen LogP contribution in [0.5, 0.6) is 5.75 Å². The molecule has 96 valence electrons. The fourth-order valence-electron chi connectivity index (χ4n) is 1.72. The largest absolute Gasteiger partial charge is 0.496 e. The Hall–Kier alpha value is -2.74. The number of nitrogens with two attached hydrogens (primary N) is 1. The van der Waals surface area contributed by atoms with Crippen LogP contribution in [0.3, 0.4) is 0 Å². The first kappa shape index (κ1) is 12.7. The van der Waals surface area contributed by atoms with Gasteiger partial charge in [0.2, 0.25) is 0 Å². The van der Waals surface area contributed by atoms with Gasteiger partial charge in [0.25, 0.3) is 0 Å². The highest BCUT2D eigenvalue weighted by molar-refractivity contribution is 5.50. The van der Waals surface area contributed by atoms with Crippen molar-refractivity contribution in [1.29, 1.82) is 5.26 Å². The van der Waals surface area contributed by atoms with Crippen molar-refractivity contribution in [3.8, 4) is 11.8 Å². The molecule has 0 aliphatic rings. The average molecular weight is 254 g/mol. The third-order valence-electron chi connectivity index (χ3n) is 2.65. The zero-order valence-corrected chi connectivity index (χ0v) is 10.6. The first-order valence-electron chi connectivity index (χ1n) is 5.75. The Morgan fingerprint density at radius 3 is 2.95 bits per heavy atom. The first-order valence-corrected chi connectivity index (χ1v) is 5.75. The lowest BCUT2D eigenvalue weighted by Gasteiger charge is -2.11. The third kappa shape index (κ3) is 3.13. The molecule has 19 heavy (non-hydrogen) atoms. The Balaban J connectivity index is 2.14. The number of nitriles is 1. The molecule has 0 saturated heterocycles. The van der Waals surface area contributed by atoms with Gasteiger partial charge in [-0.05, 0) is 30.3 Å². The Bertz CT molecular complexity index is 619. The minimum Gasteiger partial charge on any atom is -0.496 e. The van der Waals surface area contributed by atoms with Gasteiger partial charge in [-0.25, -0.2) is 4.98 Å². The summed E-state index contributed by atoms with van der Waals surface area (Å²) < 4.78 is 5.27. The van der Waals surface area contributed by atoms with E-state index in [0.717, 1.165) is 11.3 Å². The highest BCUT2D eigenvalue weighted by Gasteiger charge is 2.04. The fraction of sp³-hybridized carbons (Fsp3) is 0.143. The van der Waals surface area contributed by atoms with E-state index in [1.807, 2.05) is 12.1 Å². The van der Waals surface area contributed by atoms with Crippen molar-refractivity contribution >= 4 is 11.5 Å². The van der Waals surface area contributed by atoms with Crippen LogP contribution in [0.2, 0.25) is 0 Å². The summed E-state index contributed by atoms with van der Waals surface area (Å²) in [5.41, 5.74) is 7.94. The maximum Gasteiger partial charge on any atom is 0.127 e. The summed E-state index contributed by atoms with van der Waals surface area (Å²) in [6.07, 6.45) is 1.59. The smallest absolute Gasteiger partial charge is 0.127 e. The number of methoxy groups -OCH3 is 1. The molecule has 2 aromatic rings. The van der Waals surface area contributed by atoms with Gasteiger partial charge in [-0.15, -0.1) is 0 Å². The van der Waals surface area contributed by atoms with Crippen LogP contribution in [-0.4, -0.2) is 12.1 Å². The molecular formula is C14H14N4O. The van der Waals surface area contributed by atoms with E-state index in [9.17, 15) is 0 Å². The molecule has 5 nitrogen and oxygen atoms in total. The monoisotopic (exact) mass is 254 g/mol. The SMILES string of the molecule is COc1ccc(N)cc1CNc1cc(C#N)ccn1. The lowest BCUT2D eigenvalue weighted by Crippen LogP contribution is -2.04. The summed E-state index contributed by atoms with van der Waals surface area (Å²) in [6, 6.07) is 10.9. The van der Waals surface area contributed by atoms with Crippen LogP contribution in [-0.2, 0) is 6.54 Å². The number of nitrogens with zero attached hydrogens (tertiary/aromatic N) is 2. The van der Waals surface area contributed by atoms with E-state index in [1.54, 1.807) is 31.5 Å².